The highest BCUT2D eigenvalue weighted by atomic mass is 19.4. The van der Waals surface area contributed by atoms with Crippen LogP contribution in [0.25, 0.3) is 38.8 Å². The Morgan fingerprint density at radius 1 is 0.970 bits per heavy atom. The van der Waals surface area contributed by atoms with Crippen LogP contribution in [0.5, 0.6) is 0 Å². The quantitative estimate of drug-likeness (QED) is 0.305. The molecule has 0 aliphatic carbocycles. The van der Waals surface area contributed by atoms with E-state index < -0.39 is 17.5 Å². The van der Waals surface area contributed by atoms with Crippen LogP contribution in [0.4, 0.5) is 13.2 Å². The summed E-state index contributed by atoms with van der Waals surface area (Å²) < 4.78 is 46.3. The SMILES string of the molecule is CCCc1ccc(-c2ccc3ncc4oc(=O)n(-c5cccc(C(F)(F)F)c5)c4c3c2)cc1. The first-order chi connectivity index (χ1) is 15.8. The predicted octanol–water partition coefficient (Wildman–Crippen LogP) is 6.77. The summed E-state index contributed by atoms with van der Waals surface area (Å²) in [5.41, 5.74) is 3.58. The number of fused-ring (bicyclic) bond motifs is 3. The molecular weight excluding hydrogens is 429 g/mol. The lowest BCUT2D eigenvalue weighted by atomic mass is 10.0. The number of pyridine rings is 1. The lowest BCUT2D eigenvalue weighted by molar-refractivity contribution is -0.137. The van der Waals surface area contributed by atoms with Gasteiger partial charge in [-0.15, -0.1) is 0 Å². The highest BCUT2D eigenvalue weighted by Gasteiger charge is 2.31. The molecule has 3 aromatic carbocycles. The van der Waals surface area contributed by atoms with Crippen molar-refractivity contribution in [3.8, 4) is 16.8 Å². The first-order valence-corrected chi connectivity index (χ1v) is 10.6. The minimum atomic E-state index is -4.53. The summed E-state index contributed by atoms with van der Waals surface area (Å²) in [5.74, 6) is -0.770. The fourth-order valence-electron chi connectivity index (χ4n) is 4.08. The molecule has 0 atom stereocenters. The average Bonchev–Trinajstić information content (AvgIpc) is 3.15. The van der Waals surface area contributed by atoms with Crippen LogP contribution in [-0.4, -0.2) is 9.55 Å². The zero-order valence-electron chi connectivity index (χ0n) is 17.7. The van der Waals surface area contributed by atoms with Gasteiger partial charge >= 0.3 is 11.9 Å². The van der Waals surface area contributed by atoms with Crippen LogP contribution in [0.15, 0.2) is 82.1 Å². The zero-order chi connectivity index (χ0) is 23.2. The second kappa shape index (κ2) is 7.92. The normalized spacial score (nSPS) is 12.0. The first-order valence-electron chi connectivity index (χ1n) is 10.6. The van der Waals surface area contributed by atoms with Gasteiger partial charge in [-0.2, -0.15) is 13.2 Å². The van der Waals surface area contributed by atoms with Crippen molar-refractivity contribution in [3.63, 3.8) is 0 Å². The Hall–Kier alpha value is -3.87. The molecule has 0 saturated heterocycles. The monoisotopic (exact) mass is 448 g/mol. The van der Waals surface area contributed by atoms with Gasteiger partial charge in [0.05, 0.1) is 23.0 Å². The third-order valence-electron chi connectivity index (χ3n) is 5.67. The van der Waals surface area contributed by atoms with Gasteiger partial charge in [0, 0.05) is 5.39 Å². The molecule has 2 heterocycles. The van der Waals surface area contributed by atoms with E-state index >= 15 is 0 Å². The fraction of sp³-hybridized carbons (Fsp3) is 0.154. The summed E-state index contributed by atoms with van der Waals surface area (Å²) in [6.07, 6.45) is -1.05. The Morgan fingerprint density at radius 3 is 2.45 bits per heavy atom. The Labute approximate surface area is 186 Å². The van der Waals surface area contributed by atoms with E-state index in [1.807, 2.05) is 30.3 Å². The Morgan fingerprint density at radius 2 is 1.73 bits per heavy atom. The molecule has 5 aromatic rings. The molecule has 0 unspecified atom stereocenters. The number of nitrogens with zero attached hydrogens (tertiary/aromatic N) is 2. The first kappa shape index (κ1) is 21.0. The molecule has 4 nitrogen and oxygen atoms in total. The van der Waals surface area contributed by atoms with Gasteiger partial charge in [-0.05, 0) is 53.4 Å². The van der Waals surface area contributed by atoms with E-state index in [1.54, 1.807) is 0 Å². The van der Waals surface area contributed by atoms with Crippen LogP contribution in [0.1, 0.15) is 24.5 Å². The summed E-state index contributed by atoms with van der Waals surface area (Å²) in [6.45, 7) is 2.13. The lowest BCUT2D eigenvalue weighted by Crippen LogP contribution is -2.13. The minimum absolute atomic E-state index is 0.0791. The summed E-state index contributed by atoms with van der Waals surface area (Å²) >= 11 is 0. The number of rotatable bonds is 4. The summed E-state index contributed by atoms with van der Waals surface area (Å²) in [4.78, 5) is 17.0. The molecule has 0 spiro atoms. The molecule has 0 fully saturated rings. The van der Waals surface area contributed by atoms with Crippen LogP contribution in [0.2, 0.25) is 0 Å². The Kier molecular flexibility index (Phi) is 5.04. The molecule has 166 valence electrons. The van der Waals surface area contributed by atoms with E-state index in [0.717, 1.165) is 36.1 Å². The number of aryl methyl sites for hydroxylation is 1. The average molecular weight is 448 g/mol. The van der Waals surface area contributed by atoms with E-state index in [9.17, 15) is 18.0 Å². The summed E-state index contributed by atoms with van der Waals surface area (Å²) in [6, 6.07) is 18.5. The van der Waals surface area contributed by atoms with E-state index in [1.165, 1.54) is 28.5 Å². The standard InChI is InChI=1S/C26H19F3N2O2/c1-2-4-16-7-9-17(10-8-16)18-11-12-22-21(13-18)24-23(15-30-22)33-25(32)31(24)20-6-3-5-19(14-20)26(27,28)29/h3,5-15H,2,4H2,1H3. The number of oxazole rings is 1. The lowest BCUT2D eigenvalue weighted by Gasteiger charge is -2.10. The van der Waals surface area contributed by atoms with Crippen molar-refractivity contribution in [2.24, 2.45) is 0 Å². The highest BCUT2D eigenvalue weighted by Crippen LogP contribution is 2.33. The largest absolute Gasteiger partial charge is 0.424 e. The number of benzene rings is 3. The minimum Gasteiger partial charge on any atom is -0.406 e. The van der Waals surface area contributed by atoms with Crippen LogP contribution >= 0.6 is 0 Å². The maximum absolute atomic E-state index is 13.3. The maximum atomic E-state index is 13.3. The molecular formula is C26H19F3N2O2. The van der Waals surface area contributed by atoms with Gasteiger partial charge in [0.2, 0.25) is 0 Å². The highest BCUT2D eigenvalue weighted by molar-refractivity contribution is 6.03. The van der Waals surface area contributed by atoms with Gasteiger partial charge in [0.15, 0.2) is 5.58 Å². The van der Waals surface area contributed by atoms with Crippen molar-refractivity contribution in [2.45, 2.75) is 25.9 Å². The van der Waals surface area contributed by atoms with Crippen molar-refractivity contribution < 1.29 is 17.6 Å². The van der Waals surface area contributed by atoms with Crippen molar-refractivity contribution in [1.82, 2.24) is 9.55 Å². The molecule has 33 heavy (non-hydrogen) atoms. The smallest absolute Gasteiger partial charge is 0.406 e. The summed E-state index contributed by atoms with van der Waals surface area (Å²) in [7, 11) is 0. The van der Waals surface area contributed by atoms with Crippen molar-refractivity contribution in [1.29, 1.82) is 0 Å². The predicted molar refractivity (Wildman–Crippen MR) is 122 cm³/mol. The van der Waals surface area contributed by atoms with Crippen LogP contribution in [0, 0.1) is 0 Å². The number of hydrogen-bond donors (Lipinski definition) is 0. The molecule has 0 aliphatic rings. The molecule has 5 rings (SSSR count). The molecule has 2 aromatic heterocycles. The maximum Gasteiger partial charge on any atom is 0.424 e. The Bertz CT molecular complexity index is 1530. The van der Waals surface area contributed by atoms with Gasteiger partial charge in [-0.3, -0.25) is 4.98 Å². The van der Waals surface area contributed by atoms with E-state index in [2.05, 4.69) is 24.0 Å². The van der Waals surface area contributed by atoms with Gasteiger partial charge in [0.1, 0.15) is 5.52 Å². The number of hydrogen-bond acceptors (Lipinski definition) is 3. The second-order valence-electron chi connectivity index (χ2n) is 7.90. The number of alkyl halides is 3. The van der Waals surface area contributed by atoms with E-state index in [-0.39, 0.29) is 11.3 Å². The van der Waals surface area contributed by atoms with Crippen LogP contribution in [0.3, 0.4) is 0 Å². The number of halogens is 3. The molecule has 7 heteroatoms. The third-order valence-corrected chi connectivity index (χ3v) is 5.67. The molecule has 0 radical (unpaired) electrons. The van der Waals surface area contributed by atoms with E-state index in [4.69, 9.17) is 4.42 Å². The van der Waals surface area contributed by atoms with Crippen molar-refractivity contribution in [3.05, 3.63) is 94.6 Å². The Balaban J connectivity index is 1.73. The number of aromatic nitrogens is 2. The van der Waals surface area contributed by atoms with Crippen LogP contribution in [-0.2, 0) is 12.6 Å². The fourth-order valence-corrected chi connectivity index (χ4v) is 4.08. The summed E-state index contributed by atoms with van der Waals surface area (Å²) in [5, 5.41) is 0.617. The van der Waals surface area contributed by atoms with Gasteiger partial charge in [-0.25, -0.2) is 9.36 Å². The topological polar surface area (TPSA) is 48.0 Å². The van der Waals surface area contributed by atoms with Crippen molar-refractivity contribution in [2.75, 3.05) is 0 Å². The molecule has 0 saturated carbocycles. The second-order valence-corrected chi connectivity index (χ2v) is 7.90. The molecule has 0 bridgehead atoms. The third kappa shape index (κ3) is 3.80. The zero-order valence-corrected chi connectivity index (χ0v) is 17.7. The molecule has 0 N–H and O–H groups in total. The van der Waals surface area contributed by atoms with Gasteiger partial charge in [0.25, 0.3) is 0 Å². The molecule has 0 amide bonds. The van der Waals surface area contributed by atoms with Crippen LogP contribution < -0.4 is 5.76 Å². The van der Waals surface area contributed by atoms with E-state index in [0.29, 0.717) is 16.4 Å². The van der Waals surface area contributed by atoms with Gasteiger partial charge < -0.3 is 4.42 Å². The molecule has 0 aliphatic heterocycles. The van der Waals surface area contributed by atoms with Crippen molar-refractivity contribution >= 4 is 22.0 Å². The van der Waals surface area contributed by atoms with Gasteiger partial charge in [-0.1, -0.05) is 49.7 Å².